The van der Waals surface area contributed by atoms with E-state index in [1.54, 1.807) is 6.26 Å². The van der Waals surface area contributed by atoms with Gasteiger partial charge in [0.05, 0.1) is 19.5 Å². The topological polar surface area (TPSA) is 117 Å². The van der Waals surface area contributed by atoms with Gasteiger partial charge < -0.3 is 20.1 Å². The minimum atomic E-state index is -4.31. The second-order valence-electron chi connectivity index (χ2n) is 14.3. The van der Waals surface area contributed by atoms with Crippen molar-refractivity contribution in [1.82, 2.24) is 0 Å². The Morgan fingerprint density at radius 3 is 1.52 bits per heavy atom. The Bertz CT molecular complexity index is 895. The second-order valence-corrected chi connectivity index (χ2v) is 15.7. The van der Waals surface area contributed by atoms with Gasteiger partial charge in [-0.1, -0.05) is 179 Å². The van der Waals surface area contributed by atoms with Gasteiger partial charge in [-0.05, 0) is 44.6 Å². The molecule has 0 heterocycles. The highest BCUT2D eigenvalue weighted by Gasteiger charge is 2.25. The molecule has 0 radical (unpaired) electrons. The van der Waals surface area contributed by atoms with Crippen molar-refractivity contribution in [3.63, 3.8) is 0 Å². The molecule has 0 aromatic heterocycles. The number of phosphoric ester groups is 1. The van der Waals surface area contributed by atoms with Gasteiger partial charge in [-0.2, -0.15) is 0 Å². The van der Waals surface area contributed by atoms with Crippen LogP contribution in [0.5, 0.6) is 0 Å². The van der Waals surface area contributed by atoms with E-state index in [9.17, 15) is 14.3 Å². The van der Waals surface area contributed by atoms with Gasteiger partial charge in [0.25, 0.3) is 0 Å². The van der Waals surface area contributed by atoms with E-state index in [2.05, 4.69) is 32.1 Å². The quantitative estimate of drug-likeness (QED) is 0.0208. The lowest BCUT2D eigenvalue weighted by molar-refractivity contribution is -0.153. The summed E-state index contributed by atoms with van der Waals surface area (Å²) in [5, 5.41) is 0. The number of ether oxygens (including phenoxy) is 2. The molecule has 0 aromatic carbocycles. The molecule has 3 N–H and O–H groups in total. The lowest BCUT2D eigenvalue weighted by atomic mass is 10.0. The van der Waals surface area contributed by atoms with Gasteiger partial charge in [0.1, 0.15) is 6.61 Å². The molecule has 0 aliphatic rings. The maximum atomic E-state index is 12.5. The molecule has 9 heteroatoms. The summed E-state index contributed by atoms with van der Waals surface area (Å²) in [6, 6.07) is 0. The first-order valence-corrected chi connectivity index (χ1v) is 23.0. The van der Waals surface area contributed by atoms with E-state index < -0.39 is 19.9 Å². The van der Waals surface area contributed by atoms with E-state index in [1.807, 2.05) is 12.2 Å². The van der Waals surface area contributed by atoms with Gasteiger partial charge in [-0.25, -0.2) is 4.57 Å². The van der Waals surface area contributed by atoms with Gasteiger partial charge >= 0.3 is 13.8 Å². The van der Waals surface area contributed by atoms with Crippen LogP contribution in [0.15, 0.2) is 36.6 Å². The van der Waals surface area contributed by atoms with Gasteiger partial charge in [0.2, 0.25) is 0 Å². The van der Waals surface area contributed by atoms with Crippen molar-refractivity contribution >= 4 is 13.8 Å². The van der Waals surface area contributed by atoms with Gasteiger partial charge in [-0.3, -0.25) is 13.8 Å². The van der Waals surface area contributed by atoms with Crippen LogP contribution in [0.3, 0.4) is 0 Å². The second kappa shape index (κ2) is 40.7. The van der Waals surface area contributed by atoms with Crippen molar-refractivity contribution in [3.05, 3.63) is 36.6 Å². The third-order valence-electron chi connectivity index (χ3n) is 9.14. The number of esters is 1. The zero-order valence-corrected chi connectivity index (χ0v) is 34.7. The van der Waals surface area contributed by atoms with Crippen LogP contribution in [0.4, 0.5) is 0 Å². The molecule has 8 nitrogen and oxygen atoms in total. The fourth-order valence-corrected chi connectivity index (χ4v) is 6.73. The lowest BCUT2D eigenvalue weighted by Crippen LogP contribution is -2.27. The molecule has 52 heavy (non-hydrogen) atoms. The predicted molar refractivity (Wildman–Crippen MR) is 219 cm³/mol. The molecule has 306 valence electrons. The highest BCUT2D eigenvalue weighted by Crippen LogP contribution is 2.43. The van der Waals surface area contributed by atoms with E-state index >= 15 is 0 Å². The molecule has 0 fully saturated rings. The number of carbonyl (C=O) groups excluding carboxylic acids is 1. The third-order valence-corrected chi connectivity index (χ3v) is 10.1. The molecule has 0 aliphatic carbocycles. The SMILES string of the molecule is CCCCCCCCCCCCC/C=C\C/C=C/OCC(COP(=O)(O)OCCN)OC(=O)CC/C=C\CCCCCCCCCCCCCCC. The first-order valence-electron chi connectivity index (χ1n) is 21.5. The molecule has 0 saturated carbocycles. The number of allylic oxidation sites excluding steroid dienone is 5. The summed E-state index contributed by atoms with van der Waals surface area (Å²) in [5.74, 6) is -0.409. The van der Waals surface area contributed by atoms with Crippen molar-refractivity contribution in [2.75, 3.05) is 26.4 Å². The summed E-state index contributed by atoms with van der Waals surface area (Å²) < 4.78 is 33.0. The van der Waals surface area contributed by atoms with E-state index in [4.69, 9.17) is 24.3 Å². The van der Waals surface area contributed by atoms with Crippen LogP contribution in [0.1, 0.15) is 200 Å². The molecule has 0 saturated heterocycles. The molecular weight excluding hydrogens is 673 g/mol. The van der Waals surface area contributed by atoms with E-state index in [0.717, 1.165) is 19.3 Å². The van der Waals surface area contributed by atoms with Crippen LogP contribution >= 0.6 is 7.82 Å². The molecule has 0 rings (SSSR count). The molecule has 0 aromatic rings. The lowest BCUT2D eigenvalue weighted by Gasteiger charge is -2.19. The van der Waals surface area contributed by atoms with Crippen LogP contribution in [0.2, 0.25) is 0 Å². The number of nitrogens with two attached hydrogens (primary N) is 1. The Balaban J connectivity index is 4.15. The Labute approximate surface area is 320 Å². The Hall–Kier alpha value is -1.44. The summed E-state index contributed by atoms with van der Waals surface area (Å²) in [5.41, 5.74) is 5.35. The Morgan fingerprint density at radius 2 is 1.04 bits per heavy atom. The molecule has 0 bridgehead atoms. The third kappa shape index (κ3) is 39.8. The van der Waals surface area contributed by atoms with Crippen LogP contribution in [-0.2, 0) is 27.9 Å². The minimum Gasteiger partial charge on any atom is -0.498 e. The number of hydrogen-bond acceptors (Lipinski definition) is 7. The normalized spacial score (nSPS) is 13.8. The fourth-order valence-electron chi connectivity index (χ4n) is 5.97. The summed E-state index contributed by atoms with van der Waals surface area (Å²) in [4.78, 5) is 22.4. The summed E-state index contributed by atoms with van der Waals surface area (Å²) in [7, 11) is -4.31. The summed E-state index contributed by atoms with van der Waals surface area (Å²) >= 11 is 0. The highest BCUT2D eigenvalue weighted by atomic mass is 31.2. The van der Waals surface area contributed by atoms with Crippen molar-refractivity contribution in [3.8, 4) is 0 Å². The monoisotopic (exact) mass is 756 g/mol. The molecule has 0 aliphatic heterocycles. The van der Waals surface area contributed by atoms with E-state index in [1.165, 1.54) is 154 Å². The van der Waals surface area contributed by atoms with Crippen LogP contribution in [0.25, 0.3) is 0 Å². The Morgan fingerprint density at radius 1 is 0.596 bits per heavy atom. The summed E-state index contributed by atoms with van der Waals surface area (Å²) in [6.45, 7) is 4.17. The molecular formula is C43H82NO7P. The maximum absolute atomic E-state index is 12.5. The molecule has 2 atom stereocenters. The first kappa shape index (κ1) is 50.6. The van der Waals surface area contributed by atoms with E-state index in [-0.39, 0.29) is 32.8 Å². The van der Waals surface area contributed by atoms with Crippen molar-refractivity contribution < 1.29 is 32.8 Å². The van der Waals surface area contributed by atoms with Crippen LogP contribution in [0, 0.1) is 0 Å². The number of phosphoric acid groups is 1. The smallest absolute Gasteiger partial charge is 0.472 e. The first-order chi connectivity index (χ1) is 25.4. The predicted octanol–water partition coefficient (Wildman–Crippen LogP) is 13.0. The minimum absolute atomic E-state index is 0.00350. The fraction of sp³-hybridized carbons (Fsp3) is 0.837. The van der Waals surface area contributed by atoms with Gasteiger partial charge in [0, 0.05) is 13.0 Å². The number of carbonyl (C=O) groups is 1. The van der Waals surface area contributed by atoms with Crippen molar-refractivity contribution in [2.24, 2.45) is 5.73 Å². The number of rotatable bonds is 41. The largest absolute Gasteiger partial charge is 0.498 e. The molecule has 0 amide bonds. The maximum Gasteiger partial charge on any atom is 0.472 e. The van der Waals surface area contributed by atoms with Crippen molar-refractivity contribution in [2.45, 2.75) is 206 Å². The average molecular weight is 756 g/mol. The van der Waals surface area contributed by atoms with Gasteiger partial charge in [-0.15, -0.1) is 0 Å². The highest BCUT2D eigenvalue weighted by molar-refractivity contribution is 7.47. The zero-order valence-electron chi connectivity index (χ0n) is 33.8. The molecule has 0 spiro atoms. The number of hydrogen-bond donors (Lipinski definition) is 2. The van der Waals surface area contributed by atoms with Crippen LogP contribution in [-0.4, -0.2) is 43.3 Å². The zero-order chi connectivity index (χ0) is 38.1. The van der Waals surface area contributed by atoms with Crippen LogP contribution < -0.4 is 5.73 Å². The summed E-state index contributed by atoms with van der Waals surface area (Å²) in [6.07, 6.45) is 47.1. The van der Waals surface area contributed by atoms with E-state index in [0.29, 0.717) is 6.42 Å². The van der Waals surface area contributed by atoms with Crippen molar-refractivity contribution in [1.29, 1.82) is 0 Å². The number of unbranched alkanes of at least 4 members (excludes halogenated alkanes) is 24. The van der Waals surface area contributed by atoms with Gasteiger partial charge in [0.15, 0.2) is 6.10 Å². The molecule has 2 unspecified atom stereocenters. The Kier molecular flexibility index (Phi) is 39.6. The standard InChI is InChI=1S/C43H82NO7P/c1-3-5-7-9-11-13-15-17-19-21-22-24-26-28-30-32-34-36-43(45)51-42(41-50-52(46,47)49-39-37-44)40-48-38-35-33-31-29-27-25-23-20-18-16-14-12-10-8-6-4-2/h29-32,35,38,42H,3-28,33-34,36-37,39-41,44H2,1-2H3,(H,46,47)/b31-29-,32-30-,38-35+. The average Bonchev–Trinajstić information content (AvgIpc) is 3.13.